The van der Waals surface area contributed by atoms with Crippen LogP contribution in [0.3, 0.4) is 0 Å². The molecule has 1 atom stereocenters. The first-order chi connectivity index (χ1) is 9.35. The highest BCUT2D eigenvalue weighted by Gasteiger charge is 2.33. The monoisotopic (exact) mass is 303 g/mol. The Bertz CT molecular complexity index is 380. The molecule has 0 unspecified atom stereocenters. The average molecular weight is 303 g/mol. The smallest absolute Gasteiger partial charge is 0.332 e. The van der Waals surface area contributed by atoms with E-state index in [1.54, 1.807) is 41.5 Å². The van der Waals surface area contributed by atoms with E-state index in [1.807, 2.05) is 0 Å². The van der Waals surface area contributed by atoms with E-state index in [-0.39, 0.29) is 12.8 Å². The van der Waals surface area contributed by atoms with Crippen molar-refractivity contribution in [3.63, 3.8) is 0 Å². The molecule has 7 heteroatoms. The number of hydrogen-bond donors (Lipinski definition) is 1. The van der Waals surface area contributed by atoms with Crippen molar-refractivity contribution in [3.8, 4) is 0 Å². The van der Waals surface area contributed by atoms with Crippen molar-refractivity contribution in [1.82, 2.24) is 5.06 Å². The summed E-state index contributed by atoms with van der Waals surface area (Å²) in [5, 5.41) is 9.59. The number of nitrogens with zero attached hydrogens (tertiary/aromatic N) is 1. The van der Waals surface area contributed by atoms with Gasteiger partial charge >= 0.3 is 11.9 Å². The molecule has 21 heavy (non-hydrogen) atoms. The molecule has 0 aromatic carbocycles. The lowest BCUT2D eigenvalue weighted by Gasteiger charge is -2.33. The third kappa shape index (κ3) is 9.01. The molecule has 0 aliphatic heterocycles. The minimum absolute atomic E-state index is 0.0843. The number of hydrogen-bond acceptors (Lipinski definition) is 5. The van der Waals surface area contributed by atoms with Gasteiger partial charge in [-0.15, -0.1) is 0 Å². The Labute approximate surface area is 125 Å². The number of hydroxylamine groups is 2. The maximum Gasteiger partial charge on any atom is 0.332 e. The summed E-state index contributed by atoms with van der Waals surface area (Å²) >= 11 is 0. The third-order valence-corrected chi connectivity index (χ3v) is 2.10. The van der Waals surface area contributed by atoms with Gasteiger partial charge in [0, 0.05) is 6.42 Å². The van der Waals surface area contributed by atoms with E-state index in [0.29, 0.717) is 6.41 Å². The second-order valence-electron chi connectivity index (χ2n) is 6.65. The van der Waals surface area contributed by atoms with Crippen LogP contribution in [0.15, 0.2) is 0 Å². The van der Waals surface area contributed by atoms with Crippen molar-refractivity contribution < 1.29 is 29.1 Å². The molecule has 1 N–H and O–H groups in total. The van der Waals surface area contributed by atoms with E-state index in [1.165, 1.54) is 0 Å². The van der Waals surface area contributed by atoms with E-state index < -0.39 is 29.2 Å². The molecule has 0 bridgehead atoms. The van der Waals surface area contributed by atoms with Crippen molar-refractivity contribution in [2.75, 3.05) is 0 Å². The lowest BCUT2D eigenvalue weighted by atomic mass is 10.1. The zero-order chi connectivity index (χ0) is 16.8. The molecule has 0 radical (unpaired) electrons. The van der Waals surface area contributed by atoms with Crippen LogP contribution in [0.1, 0.15) is 54.4 Å². The topological polar surface area (TPSA) is 93.1 Å². The van der Waals surface area contributed by atoms with Crippen LogP contribution in [0.5, 0.6) is 0 Å². The SMILES string of the molecule is CC(C)(C)OC(=O)[C@H](CCC(=O)O)N(C=O)OC(C)(C)C. The maximum atomic E-state index is 12.2. The van der Waals surface area contributed by atoms with Crippen LogP contribution in [0.25, 0.3) is 0 Å². The Morgan fingerprint density at radius 2 is 1.67 bits per heavy atom. The van der Waals surface area contributed by atoms with Gasteiger partial charge in [0.2, 0.25) is 6.41 Å². The van der Waals surface area contributed by atoms with Crippen LogP contribution in [-0.4, -0.2) is 45.8 Å². The first-order valence-corrected chi connectivity index (χ1v) is 6.73. The van der Waals surface area contributed by atoms with Crippen molar-refractivity contribution in [2.45, 2.75) is 71.6 Å². The van der Waals surface area contributed by atoms with E-state index >= 15 is 0 Å². The van der Waals surface area contributed by atoms with Gasteiger partial charge in [-0.25, -0.2) is 9.86 Å². The number of carboxylic acids is 1. The lowest BCUT2D eigenvalue weighted by Crippen LogP contribution is -2.47. The summed E-state index contributed by atoms with van der Waals surface area (Å²) in [6.45, 7) is 10.2. The van der Waals surface area contributed by atoms with Crippen LogP contribution in [-0.2, 0) is 24.0 Å². The predicted molar refractivity (Wildman–Crippen MR) is 75.2 cm³/mol. The molecule has 0 aliphatic rings. The summed E-state index contributed by atoms with van der Waals surface area (Å²) in [7, 11) is 0. The fraction of sp³-hybridized carbons (Fsp3) is 0.786. The second-order valence-corrected chi connectivity index (χ2v) is 6.65. The molecule has 0 saturated heterocycles. The number of esters is 1. The van der Waals surface area contributed by atoms with Crippen LogP contribution in [0, 0.1) is 0 Å². The molecule has 122 valence electrons. The van der Waals surface area contributed by atoms with Gasteiger partial charge in [0.25, 0.3) is 0 Å². The Balaban J connectivity index is 5.13. The first-order valence-electron chi connectivity index (χ1n) is 6.73. The van der Waals surface area contributed by atoms with Gasteiger partial charge in [0.05, 0.1) is 5.60 Å². The number of carboxylic acid groups (broad SMARTS) is 1. The van der Waals surface area contributed by atoms with Gasteiger partial charge in [-0.1, -0.05) is 0 Å². The standard InChI is InChI=1S/C14H25NO6/c1-13(2,3)20-12(19)10(7-8-11(17)18)15(9-16)21-14(4,5)6/h9-10H,7-8H2,1-6H3,(H,17,18)/t10-/m0/s1. The molecule has 0 aromatic heterocycles. The van der Waals surface area contributed by atoms with E-state index in [4.69, 9.17) is 14.7 Å². The number of carbonyl (C=O) groups is 3. The quantitative estimate of drug-likeness (QED) is 0.437. The van der Waals surface area contributed by atoms with Crippen LogP contribution in [0.2, 0.25) is 0 Å². The molecule has 0 heterocycles. The molecule has 1 amide bonds. The van der Waals surface area contributed by atoms with Gasteiger partial charge in [-0.2, -0.15) is 0 Å². The largest absolute Gasteiger partial charge is 0.481 e. The van der Waals surface area contributed by atoms with Crippen LogP contribution in [0.4, 0.5) is 0 Å². The second kappa shape index (κ2) is 7.40. The van der Waals surface area contributed by atoms with Crippen molar-refractivity contribution in [2.24, 2.45) is 0 Å². The Morgan fingerprint density at radius 1 is 1.14 bits per heavy atom. The van der Waals surface area contributed by atoms with Gasteiger partial charge < -0.3 is 9.84 Å². The number of carbonyl (C=O) groups excluding carboxylic acids is 2. The van der Waals surface area contributed by atoms with E-state index in [9.17, 15) is 14.4 Å². The fourth-order valence-corrected chi connectivity index (χ4v) is 1.45. The molecule has 0 aliphatic carbocycles. The van der Waals surface area contributed by atoms with Crippen LogP contribution >= 0.6 is 0 Å². The highest BCUT2D eigenvalue weighted by atomic mass is 16.7. The lowest BCUT2D eigenvalue weighted by molar-refractivity contribution is -0.238. The average Bonchev–Trinajstić information content (AvgIpc) is 2.22. The van der Waals surface area contributed by atoms with Gasteiger partial charge in [-0.05, 0) is 48.0 Å². The summed E-state index contributed by atoms with van der Waals surface area (Å²) in [5.41, 5.74) is -1.45. The molecule has 0 rings (SSSR count). The van der Waals surface area contributed by atoms with Crippen molar-refractivity contribution in [1.29, 1.82) is 0 Å². The number of amides is 1. The van der Waals surface area contributed by atoms with Gasteiger partial charge in [0.1, 0.15) is 5.60 Å². The first kappa shape index (κ1) is 19.4. The predicted octanol–water partition coefficient (Wildman–Crippen LogP) is 1.75. The molecule has 0 saturated carbocycles. The molecule has 7 nitrogen and oxygen atoms in total. The molecule has 0 fully saturated rings. The fourth-order valence-electron chi connectivity index (χ4n) is 1.45. The van der Waals surface area contributed by atoms with Crippen LogP contribution < -0.4 is 0 Å². The van der Waals surface area contributed by atoms with Crippen molar-refractivity contribution >= 4 is 18.3 Å². The van der Waals surface area contributed by atoms with Gasteiger partial charge in [-0.3, -0.25) is 14.4 Å². The summed E-state index contributed by atoms with van der Waals surface area (Å²) in [4.78, 5) is 39.4. The molecule has 0 spiro atoms. The Kier molecular flexibility index (Phi) is 6.82. The van der Waals surface area contributed by atoms with Gasteiger partial charge in [0.15, 0.2) is 6.04 Å². The number of rotatable bonds is 7. The summed E-state index contributed by atoms with van der Waals surface area (Å²) in [6, 6.07) is -1.10. The third-order valence-electron chi connectivity index (χ3n) is 2.10. The summed E-state index contributed by atoms with van der Waals surface area (Å²) in [5.74, 6) is -1.76. The number of ether oxygens (including phenoxy) is 1. The number of aliphatic carboxylic acids is 1. The molecule has 0 aromatic rings. The van der Waals surface area contributed by atoms with E-state index in [2.05, 4.69) is 0 Å². The minimum atomic E-state index is -1.10. The molecular weight excluding hydrogens is 278 g/mol. The Morgan fingerprint density at radius 3 is 2.00 bits per heavy atom. The van der Waals surface area contributed by atoms with E-state index in [0.717, 1.165) is 5.06 Å². The highest BCUT2D eigenvalue weighted by Crippen LogP contribution is 2.18. The van der Waals surface area contributed by atoms with Crippen molar-refractivity contribution in [3.05, 3.63) is 0 Å². The normalized spacial score (nSPS) is 13.4. The maximum absolute atomic E-state index is 12.2. The summed E-state index contributed by atoms with van der Waals surface area (Å²) in [6.07, 6.45) is 0.00249. The zero-order valence-corrected chi connectivity index (χ0v) is 13.5. The minimum Gasteiger partial charge on any atom is -0.481 e. The molecular formula is C14H25NO6. The Hall–Kier alpha value is -1.63. The zero-order valence-electron chi connectivity index (χ0n) is 13.5. The summed E-state index contributed by atoms with van der Waals surface area (Å²) < 4.78 is 5.22. The highest BCUT2D eigenvalue weighted by molar-refractivity contribution is 5.79.